The zero-order chi connectivity index (χ0) is 38.9. The van der Waals surface area contributed by atoms with Gasteiger partial charge in [-0.1, -0.05) is 23.7 Å². The maximum Gasteiger partial charge on any atom is 0.416 e. The Balaban J connectivity index is 1.27. The molecule has 2 amide bonds. The Bertz CT molecular complexity index is 2370. The Morgan fingerprint density at radius 2 is 1.70 bits per heavy atom. The molecular weight excluding hydrogens is 731 g/mol. The van der Waals surface area contributed by atoms with Crippen molar-refractivity contribution >= 4 is 46.0 Å². The Morgan fingerprint density at radius 3 is 2.33 bits per heavy atom. The largest absolute Gasteiger partial charge is 0.504 e. The number of amides is 2. The summed E-state index contributed by atoms with van der Waals surface area (Å²) in [6.45, 7) is 6.52. The van der Waals surface area contributed by atoms with E-state index in [2.05, 4.69) is 20.3 Å². The van der Waals surface area contributed by atoms with Gasteiger partial charge in [-0.3, -0.25) is 14.4 Å². The minimum absolute atomic E-state index is 0.0411. The smallest absolute Gasteiger partial charge is 0.416 e. The number of oxazole rings is 1. The Hall–Kier alpha value is -5.48. The third kappa shape index (κ3) is 6.53. The van der Waals surface area contributed by atoms with Crippen LogP contribution in [0.15, 0.2) is 58.0 Å². The summed E-state index contributed by atoms with van der Waals surface area (Å²) < 4.78 is 47.4. The van der Waals surface area contributed by atoms with E-state index in [9.17, 15) is 37.8 Å². The van der Waals surface area contributed by atoms with Crippen molar-refractivity contribution in [3.05, 3.63) is 92.2 Å². The van der Waals surface area contributed by atoms with Gasteiger partial charge in [-0.25, -0.2) is 9.97 Å². The van der Waals surface area contributed by atoms with Crippen molar-refractivity contribution in [3.8, 4) is 17.2 Å². The quantitative estimate of drug-likeness (QED) is 0.184. The lowest BCUT2D eigenvalue weighted by Crippen LogP contribution is -2.67. The highest BCUT2D eigenvalue weighted by Gasteiger charge is 2.47. The highest BCUT2D eigenvalue weighted by molar-refractivity contribution is 6.33. The van der Waals surface area contributed by atoms with E-state index >= 15 is 0 Å². The van der Waals surface area contributed by atoms with E-state index in [0.29, 0.717) is 29.7 Å². The number of carbonyl (C=O) groups is 2. The molecule has 0 unspecified atom stereocenters. The number of aryl methyl sites for hydroxylation is 1. The summed E-state index contributed by atoms with van der Waals surface area (Å²) in [5.41, 5.74) is -0.766. The fourth-order valence-corrected chi connectivity index (χ4v) is 7.26. The van der Waals surface area contributed by atoms with Gasteiger partial charge in [0.1, 0.15) is 18.6 Å². The number of nitrogens with one attached hydrogen (secondary N) is 1. The number of hydrogen-bond acceptors (Lipinski definition) is 10. The summed E-state index contributed by atoms with van der Waals surface area (Å²) in [6, 6.07) is 8.77. The molecule has 0 radical (unpaired) electrons. The number of aliphatic hydroxyl groups is 1. The number of piperazine rings is 1. The first kappa shape index (κ1) is 36.9. The van der Waals surface area contributed by atoms with Crippen LogP contribution in [-0.2, 0) is 23.1 Å². The molecule has 5 aromatic rings. The number of aromatic nitrogens is 4. The van der Waals surface area contributed by atoms with Gasteiger partial charge in [0.25, 0.3) is 5.91 Å². The standard InChI is InChI=1S/C37H35ClF3N7O6/c1-18-30(50)28(43-17-42-18)35(52)47-14-13-46(25-11-12-26(25)47)29-19(2)48(16-27(49)44-24-10-9-22(15-23(24)38)37(39,40)41)33-32(31(29)51)54-34(45-33)20-5-7-21(8-6-20)36(3,4)53/h5-10,15,17,25-26,50,53H,11-14,16H2,1-4H3,(H,44,49)/t25-,26-/m1/s1. The second kappa shape index (κ2) is 13.4. The molecule has 1 aliphatic carbocycles. The molecule has 2 fully saturated rings. The molecule has 0 bridgehead atoms. The molecule has 13 nitrogen and oxygen atoms in total. The molecule has 1 aliphatic heterocycles. The molecule has 0 spiro atoms. The lowest BCUT2D eigenvalue weighted by molar-refractivity contribution is -0.137. The van der Waals surface area contributed by atoms with Crippen LogP contribution < -0.4 is 15.6 Å². The van der Waals surface area contributed by atoms with Crippen LogP contribution in [0.1, 0.15) is 59.7 Å². The van der Waals surface area contributed by atoms with E-state index in [1.807, 2.05) is 4.90 Å². The summed E-state index contributed by atoms with van der Waals surface area (Å²) >= 11 is 6.13. The van der Waals surface area contributed by atoms with Crippen LogP contribution in [0.3, 0.4) is 0 Å². The number of pyridine rings is 1. The maximum atomic E-state index is 14.4. The second-order valence-electron chi connectivity index (χ2n) is 14.0. The Kier molecular flexibility index (Phi) is 9.16. The molecule has 1 saturated carbocycles. The van der Waals surface area contributed by atoms with E-state index in [-0.39, 0.29) is 75.8 Å². The Morgan fingerprint density at radius 1 is 1.02 bits per heavy atom. The van der Waals surface area contributed by atoms with Crippen LogP contribution in [0.25, 0.3) is 22.7 Å². The van der Waals surface area contributed by atoms with Gasteiger partial charge in [0, 0.05) is 30.4 Å². The SMILES string of the molecule is Cc1ncnc(C(=O)N2CCN(c3c(C)n(CC(=O)Nc4ccc(C(F)(F)F)cc4Cl)c4nc(-c5ccc(C(C)(C)O)cc5)oc4c3=O)[C@@H]3CC[C@H]32)c1O. The lowest BCUT2D eigenvalue weighted by atomic mass is 9.81. The van der Waals surface area contributed by atoms with Crippen LogP contribution in [0, 0.1) is 13.8 Å². The van der Waals surface area contributed by atoms with E-state index < -0.39 is 41.1 Å². The fourth-order valence-electron chi connectivity index (χ4n) is 7.03. The fraction of sp³-hybridized carbons (Fsp3) is 0.351. The first-order valence-corrected chi connectivity index (χ1v) is 17.4. The van der Waals surface area contributed by atoms with Crippen molar-refractivity contribution in [1.29, 1.82) is 0 Å². The van der Waals surface area contributed by atoms with Gasteiger partial charge in [-0.15, -0.1) is 0 Å². The topological polar surface area (TPSA) is 167 Å². The monoisotopic (exact) mass is 765 g/mol. The third-order valence-electron chi connectivity index (χ3n) is 10.1. The van der Waals surface area contributed by atoms with Gasteiger partial charge in [0.05, 0.1) is 33.6 Å². The number of hydrogen-bond donors (Lipinski definition) is 3. The number of benzene rings is 2. The number of aromatic hydroxyl groups is 1. The van der Waals surface area contributed by atoms with Crippen molar-refractivity contribution in [2.24, 2.45) is 0 Å². The van der Waals surface area contributed by atoms with Gasteiger partial charge in [0.15, 0.2) is 17.1 Å². The summed E-state index contributed by atoms with van der Waals surface area (Å²) in [7, 11) is 0. The average molecular weight is 766 g/mol. The van der Waals surface area contributed by atoms with Crippen LogP contribution >= 0.6 is 11.6 Å². The summed E-state index contributed by atoms with van der Waals surface area (Å²) in [5, 5.41) is 23.2. The van der Waals surface area contributed by atoms with Gasteiger partial charge < -0.3 is 34.3 Å². The number of carbonyl (C=O) groups excluding carboxylic acids is 2. The summed E-state index contributed by atoms with van der Waals surface area (Å²) in [4.78, 5) is 57.7. The predicted octanol–water partition coefficient (Wildman–Crippen LogP) is 5.80. The van der Waals surface area contributed by atoms with Gasteiger partial charge in [-0.05, 0) is 76.4 Å². The predicted molar refractivity (Wildman–Crippen MR) is 192 cm³/mol. The van der Waals surface area contributed by atoms with E-state index in [1.165, 1.54) is 10.9 Å². The third-order valence-corrected chi connectivity index (χ3v) is 10.4. The summed E-state index contributed by atoms with van der Waals surface area (Å²) in [6.07, 6.45) is -2.14. The molecule has 282 valence electrons. The van der Waals surface area contributed by atoms with Gasteiger partial charge in [-0.2, -0.15) is 18.2 Å². The second-order valence-corrected chi connectivity index (χ2v) is 14.4. The van der Waals surface area contributed by atoms with Gasteiger partial charge in [0.2, 0.25) is 22.8 Å². The van der Waals surface area contributed by atoms with Crippen LogP contribution in [0.2, 0.25) is 5.02 Å². The maximum absolute atomic E-state index is 14.4. The first-order chi connectivity index (χ1) is 25.4. The molecule has 1 saturated heterocycles. The number of halogens is 4. The molecule has 17 heteroatoms. The minimum atomic E-state index is -4.63. The Labute approximate surface area is 311 Å². The van der Waals surface area contributed by atoms with Crippen LogP contribution in [0.4, 0.5) is 24.5 Å². The van der Waals surface area contributed by atoms with Crippen LogP contribution in [0.5, 0.6) is 5.75 Å². The number of rotatable bonds is 7. The zero-order valence-electron chi connectivity index (χ0n) is 29.5. The lowest BCUT2D eigenvalue weighted by Gasteiger charge is -2.54. The molecular formula is C37H35ClF3N7O6. The molecule has 54 heavy (non-hydrogen) atoms. The van der Waals surface area contributed by atoms with Crippen LogP contribution in [-0.4, -0.2) is 71.6 Å². The first-order valence-electron chi connectivity index (χ1n) is 17.1. The number of anilines is 2. The number of nitrogens with zero attached hydrogens (tertiary/aromatic N) is 6. The molecule has 3 N–H and O–H groups in total. The van der Waals surface area contributed by atoms with E-state index in [0.717, 1.165) is 18.2 Å². The zero-order valence-corrected chi connectivity index (χ0v) is 30.3. The van der Waals surface area contributed by atoms with Crippen molar-refractivity contribution in [1.82, 2.24) is 24.4 Å². The molecule has 2 atom stereocenters. The van der Waals surface area contributed by atoms with E-state index in [4.69, 9.17) is 16.0 Å². The molecule has 7 rings (SSSR count). The van der Waals surface area contributed by atoms with Gasteiger partial charge >= 0.3 is 6.18 Å². The number of alkyl halides is 3. The van der Waals surface area contributed by atoms with Crippen molar-refractivity contribution in [2.75, 3.05) is 23.3 Å². The van der Waals surface area contributed by atoms with Crippen molar-refractivity contribution in [2.45, 2.75) is 70.9 Å². The summed E-state index contributed by atoms with van der Waals surface area (Å²) in [5.74, 6) is -1.33. The van der Waals surface area contributed by atoms with Crippen molar-refractivity contribution < 1.29 is 37.4 Å². The minimum Gasteiger partial charge on any atom is -0.504 e. The number of fused-ring (bicyclic) bond motifs is 2. The van der Waals surface area contributed by atoms with Crippen molar-refractivity contribution in [3.63, 3.8) is 0 Å². The van der Waals surface area contributed by atoms with E-state index in [1.54, 1.807) is 56.9 Å². The normalized spacial score (nSPS) is 17.4. The molecule has 2 aliphatic rings. The molecule has 2 aromatic carbocycles. The highest BCUT2D eigenvalue weighted by Crippen LogP contribution is 2.39. The molecule has 4 heterocycles. The molecule has 3 aromatic heterocycles. The average Bonchev–Trinajstić information content (AvgIpc) is 3.54. The highest BCUT2D eigenvalue weighted by atomic mass is 35.5.